The second-order valence-corrected chi connectivity index (χ2v) is 4.25. The Morgan fingerprint density at radius 2 is 2.22 bits per heavy atom. The van der Waals surface area contributed by atoms with Gasteiger partial charge in [0.1, 0.15) is 11.5 Å². The number of hydrogen-bond acceptors (Lipinski definition) is 6. The van der Waals surface area contributed by atoms with Crippen LogP contribution in [0.2, 0.25) is 0 Å². The average molecular weight is 262 g/mol. The number of halogens is 1. The highest BCUT2D eigenvalue weighted by atomic mass is 32.1. The molecule has 2 N–H and O–H groups in total. The Labute approximate surface area is 105 Å². The van der Waals surface area contributed by atoms with Crippen molar-refractivity contribution in [1.82, 2.24) is 15.1 Å². The van der Waals surface area contributed by atoms with E-state index in [2.05, 4.69) is 15.1 Å². The predicted octanol–water partition coefficient (Wildman–Crippen LogP) is 2.58. The number of rotatable bonds is 2. The number of hydrogen-bond donors (Lipinski definition) is 1. The fourth-order valence-corrected chi connectivity index (χ4v) is 2.00. The van der Waals surface area contributed by atoms with E-state index in [-0.39, 0.29) is 5.89 Å². The predicted molar refractivity (Wildman–Crippen MR) is 65.2 cm³/mol. The van der Waals surface area contributed by atoms with Gasteiger partial charge in [-0.3, -0.25) is 0 Å². The molecule has 0 unspecified atom stereocenters. The van der Waals surface area contributed by atoms with Gasteiger partial charge >= 0.3 is 0 Å². The average Bonchev–Trinajstić information content (AvgIpc) is 3.00. The zero-order valence-electron chi connectivity index (χ0n) is 9.00. The Kier molecular flexibility index (Phi) is 2.52. The first kappa shape index (κ1) is 10.8. The van der Waals surface area contributed by atoms with Gasteiger partial charge in [0.15, 0.2) is 0 Å². The summed E-state index contributed by atoms with van der Waals surface area (Å²) in [6, 6.07) is 3.99. The fraction of sp³-hybridized carbons (Fsp3) is 0. The molecule has 0 amide bonds. The van der Waals surface area contributed by atoms with Crippen molar-refractivity contribution < 1.29 is 8.91 Å². The first-order valence-electron chi connectivity index (χ1n) is 5.02. The smallest absolute Gasteiger partial charge is 0.260 e. The largest absolute Gasteiger partial charge is 0.398 e. The molecule has 1 aromatic carbocycles. The molecule has 0 radical (unpaired) electrons. The van der Waals surface area contributed by atoms with E-state index in [0.717, 1.165) is 0 Å². The van der Waals surface area contributed by atoms with Crippen molar-refractivity contribution in [3.63, 3.8) is 0 Å². The number of anilines is 1. The molecule has 2 heterocycles. The van der Waals surface area contributed by atoms with Crippen molar-refractivity contribution in [3.05, 3.63) is 34.9 Å². The number of aromatic nitrogens is 3. The monoisotopic (exact) mass is 262 g/mol. The number of nitrogen functional groups attached to an aromatic ring is 1. The van der Waals surface area contributed by atoms with E-state index < -0.39 is 5.82 Å². The molecule has 18 heavy (non-hydrogen) atoms. The summed E-state index contributed by atoms with van der Waals surface area (Å²) in [5, 5.41) is 5.58. The van der Waals surface area contributed by atoms with E-state index in [0.29, 0.717) is 22.8 Å². The third kappa shape index (κ3) is 1.84. The normalized spacial score (nSPS) is 10.7. The zero-order chi connectivity index (χ0) is 12.5. The molecule has 0 bridgehead atoms. The minimum absolute atomic E-state index is 0.176. The molecule has 5 nitrogen and oxygen atoms in total. The van der Waals surface area contributed by atoms with Gasteiger partial charge in [-0.05, 0) is 18.2 Å². The lowest BCUT2D eigenvalue weighted by molar-refractivity contribution is 0.432. The molecule has 0 aliphatic rings. The van der Waals surface area contributed by atoms with Crippen LogP contribution in [0.4, 0.5) is 10.1 Å². The first-order chi connectivity index (χ1) is 8.74. The maximum Gasteiger partial charge on any atom is 0.260 e. The molecule has 0 aliphatic carbocycles. The maximum absolute atomic E-state index is 13.2. The summed E-state index contributed by atoms with van der Waals surface area (Å²) in [5.41, 5.74) is 8.78. The minimum Gasteiger partial charge on any atom is -0.398 e. The Balaban J connectivity index is 2.05. The van der Waals surface area contributed by atoms with Gasteiger partial charge in [0, 0.05) is 11.1 Å². The van der Waals surface area contributed by atoms with E-state index >= 15 is 0 Å². The molecule has 0 saturated carbocycles. The minimum atomic E-state index is -0.410. The molecular formula is C11H7FN4OS. The molecule has 0 spiro atoms. The van der Waals surface area contributed by atoms with Gasteiger partial charge < -0.3 is 10.3 Å². The molecule has 3 aromatic rings. The second-order valence-electron chi connectivity index (χ2n) is 3.53. The molecule has 7 heteroatoms. The van der Waals surface area contributed by atoms with Crippen molar-refractivity contribution in [3.8, 4) is 23.0 Å². The molecular weight excluding hydrogens is 255 g/mol. The maximum atomic E-state index is 13.2. The number of nitrogens with zero attached hydrogens (tertiary/aromatic N) is 3. The van der Waals surface area contributed by atoms with Gasteiger partial charge in [0.2, 0.25) is 5.82 Å². The zero-order valence-corrected chi connectivity index (χ0v) is 9.82. The summed E-state index contributed by atoms with van der Waals surface area (Å²) in [4.78, 5) is 8.21. The third-order valence-corrected chi connectivity index (χ3v) is 2.92. The standard InChI is InChI=1S/C11H7FN4OS/c12-6-1-2-8(13)7(3-6)11-15-10(16-17-11)9-4-18-5-14-9/h1-5H,13H2. The molecule has 0 aliphatic heterocycles. The summed E-state index contributed by atoms with van der Waals surface area (Å²) in [7, 11) is 0. The summed E-state index contributed by atoms with van der Waals surface area (Å²) < 4.78 is 18.2. The Morgan fingerprint density at radius 3 is 3.00 bits per heavy atom. The van der Waals surface area contributed by atoms with Gasteiger partial charge in [-0.1, -0.05) is 5.16 Å². The van der Waals surface area contributed by atoms with Crippen LogP contribution in [0.1, 0.15) is 0 Å². The number of nitrogens with two attached hydrogens (primary N) is 1. The Morgan fingerprint density at radius 1 is 1.33 bits per heavy atom. The summed E-state index contributed by atoms with van der Waals surface area (Å²) in [6.07, 6.45) is 0. The van der Waals surface area contributed by atoms with Crippen LogP contribution in [0.5, 0.6) is 0 Å². The van der Waals surface area contributed by atoms with Crippen LogP contribution in [0, 0.1) is 5.82 Å². The van der Waals surface area contributed by atoms with Crippen LogP contribution in [0.3, 0.4) is 0 Å². The topological polar surface area (TPSA) is 77.8 Å². The van der Waals surface area contributed by atoms with E-state index in [1.807, 2.05) is 0 Å². The van der Waals surface area contributed by atoms with Crippen molar-refractivity contribution in [1.29, 1.82) is 0 Å². The highest BCUT2D eigenvalue weighted by Gasteiger charge is 2.14. The third-order valence-electron chi connectivity index (χ3n) is 2.33. The lowest BCUT2D eigenvalue weighted by Crippen LogP contribution is -1.91. The highest BCUT2D eigenvalue weighted by Crippen LogP contribution is 2.27. The van der Waals surface area contributed by atoms with E-state index in [1.165, 1.54) is 29.5 Å². The van der Waals surface area contributed by atoms with Gasteiger partial charge in [-0.2, -0.15) is 4.98 Å². The van der Waals surface area contributed by atoms with Gasteiger partial charge in [0.25, 0.3) is 5.89 Å². The van der Waals surface area contributed by atoms with Gasteiger partial charge in [0.05, 0.1) is 11.1 Å². The lowest BCUT2D eigenvalue weighted by atomic mass is 10.2. The quantitative estimate of drug-likeness (QED) is 0.718. The van der Waals surface area contributed by atoms with Crippen LogP contribution in [-0.2, 0) is 0 Å². The molecule has 3 rings (SSSR count). The molecule has 90 valence electrons. The van der Waals surface area contributed by atoms with Crippen LogP contribution < -0.4 is 5.73 Å². The molecule has 0 fully saturated rings. The van der Waals surface area contributed by atoms with Crippen LogP contribution in [-0.4, -0.2) is 15.1 Å². The lowest BCUT2D eigenvalue weighted by Gasteiger charge is -1.99. The number of thiazole rings is 1. The van der Waals surface area contributed by atoms with Gasteiger partial charge in [-0.15, -0.1) is 11.3 Å². The van der Waals surface area contributed by atoms with E-state index in [1.54, 1.807) is 10.9 Å². The van der Waals surface area contributed by atoms with Crippen molar-refractivity contribution >= 4 is 17.0 Å². The van der Waals surface area contributed by atoms with Crippen LogP contribution in [0.15, 0.2) is 33.6 Å². The van der Waals surface area contributed by atoms with Crippen molar-refractivity contribution in [2.45, 2.75) is 0 Å². The summed E-state index contributed by atoms with van der Waals surface area (Å²) in [5.74, 6) is 0.123. The first-order valence-corrected chi connectivity index (χ1v) is 5.96. The van der Waals surface area contributed by atoms with E-state index in [9.17, 15) is 4.39 Å². The Hall–Kier alpha value is -2.28. The Bertz CT molecular complexity index is 680. The summed E-state index contributed by atoms with van der Waals surface area (Å²) in [6.45, 7) is 0. The van der Waals surface area contributed by atoms with E-state index in [4.69, 9.17) is 10.3 Å². The highest BCUT2D eigenvalue weighted by molar-refractivity contribution is 7.07. The van der Waals surface area contributed by atoms with Gasteiger partial charge in [-0.25, -0.2) is 9.37 Å². The van der Waals surface area contributed by atoms with Crippen molar-refractivity contribution in [2.75, 3.05) is 5.73 Å². The summed E-state index contributed by atoms with van der Waals surface area (Å²) >= 11 is 1.43. The van der Waals surface area contributed by atoms with Crippen LogP contribution in [0.25, 0.3) is 23.0 Å². The molecule has 0 saturated heterocycles. The molecule has 0 atom stereocenters. The SMILES string of the molecule is Nc1ccc(F)cc1-c1nc(-c2cscn2)no1. The molecule has 2 aromatic heterocycles. The van der Waals surface area contributed by atoms with Crippen molar-refractivity contribution in [2.24, 2.45) is 0 Å². The van der Waals surface area contributed by atoms with Crippen LogP contribution >= 0.6 is 11.3 Å². The fourth-order valence-electron chi connectivity index (χ4n) is 1.47. The second kappa shape index (κ2) is 4.19. The number of benzene rings is 1.